The maximum atomic E-state index is 10.7. The fourth-order valence-corrected chi connectivity index (χ4v) is 1.53. The normalized spacial score (nSPS) is 20.7. The highest BCUT2D eigenvalue weighted by Crippen LogP contribution is 2.19. The van der Waals surface area contributed by atoms with Crippen molar-refractivity contribution < 1.29 is 14.6 Å². The van der Waals surface area contributed by atoms with E-state index in [4.69, 9.17) is 5.11 Å². The van der Waals surface area contributed by atoms with Crippen molar-refractivity contribution in [2.24, 2.45) is 0 Å². The van der Waals surface area contributed by atoms with Crippen molar-refractivity contribution in [2.45, 2.75) is 25.3 Å². The van der Waals surface area contributed by atoms with Gasteiger partial charge in [-0.3, -0.25) is 0 Å². The first-order chi connectivity index (χ1) is 6.25. The Morgan fingerprint density at radius 3 is 3.15 bits per heavy atom. The Balaban J connectivity index is 2.44. The van der Waals surface area contributed by atoms with E-state index >= 15 is 0 Å². The van der Waals surface area contributed by atoms with Crippen LogP contribution in [0.15, 0.2) is 0 Å². The first-order valence-electron chi connectivity index (χ1n) is 4.26. The van der Waals surface area contributed by atoms with Crippen LogP contribution in [0.25, 0.3) is 0 Å². The highest BCUT2D eigenvalue weighted by molar-refractivity contribution is 5.65. The standard InChI is InChI=1S/C9H13NO3/c1-13-7-3-5-8-4-2-6-10(8)9(11)12/h8H,2,4-6H2,1H3,(H,11,12)/t8-/m0/s1. The van der Waals surface area contributed by atoms with Gasteiger partial charge < -0.3 is 14.7 Å². The fourth-order valence-electron chi connectivity index (χ4n) is 1.53. The van der Waals surface area contributed by atoms with Gasteiger partial charge in [-0.1, -0.05) is 5.92 Å². The molecule has 4 nitrogen and oxygen atoms in total. The van der Waals surface area contributed by atoms with Crippen LogP contribution in [0.2, 0.25) is 0 Å². The predicted octanol–water partition coefficient (Wildman–Crippen LogP) is 1.13. The molecule has 1 aliphatic rings. The minimum absolute atomic E-state index is 0.0557. The topological polar surface area (TPSA) is 49.8 Å². The van der Waals surface area contributed by atoms with Crippen molar-refractivity contribution in [2.75, 3.05) is 13.7 Å². The lowest BCUT2D eigenvalue weighted by Crippen LogP contribution is -2.33. The molecule has 1 heterocycles. The summed E-state index contributed by atoms with van der Waals surface area (Å²) in [6, 6.07) is 0.0557. The molecule has 1 amide bonds. The van der Waals surface area contributed by atoms with E-state index in [-0.39, 0.29) is 6.04 Å². The van der Waals surface area contributed by atoms with Crippen LogP contribution in [0.5, 0.6) is 0 Å². The minimum Gasteiger partial charge on any atom is -0.465 e. The van der Waals surface area contributed by atoms with Crippen LogP contribution in [-0.4, -0.2) is 35.8 Å². The third-order valence-electron chi connectivity index (χ3n) is 2.13. The summed E-state index contributed by atoms with van der Waals surface area (Å²) in [5.74, 6) is 2.78. The summed E-state index contributed by atoms with van der Waals surface area (Å²) in [6.07, 6.45) is 4.03. The van der Waals surface area contributed by atoms with E-state index < -0.39 is 6.09 Å². The van der Waals surface area contributed by atoms with E-state index in [0.29, 0.717) is 13.0 Å². The van der Waals surface area contributed by atoms with Crippen LogP contribution in [0, 0.1) is 12.0 Å². The van der Waals surface area contributed by atoms with Gasteiger partial charge in [0.05, 0.1) is 7.11 Å². The van der Waals surface area contributed by atoms with Crippen LogP contribution in [0.4, 0.5) is 4.79 Å². The number of nitrogens with zero attached hydrogens (tertiary/aromatic N) is 1. The predicted molar refractivity (Wildman–Crippen MR) is 47.2 cm³/mol. The summed E-state index contributed by atoms with van der Waals surface area (Å²) in [5, 5.41) is 8.79. The molecule has 0 unspecified atom stereocenters. The first-order valence-corrected chi connectivity index (χ1v) is 4.26. The zero-order valence-electron chi connectivity index (χ0n) is 7.62. The minimum atomic E-state index is -0.846. The summed E-state index contributed by atoms with van der Waals surface area (Å²) in [7, 11) is 1.50. The van der Waals surface area contributed by atoms with Crippen molar-refractivity contribution >= 4 is 6.09 Å². The molecule has 1 fully saturated rings. The van der Waals surface area contributed by atoms with Crippen LogP contribution in [0.1, 0.15) is 19.3 Å². The van der Waals surface area contributed by atoms with Crippen LogP contribution in [0.3, 0.4) is 0 Å². The quantitative estimate of drug-likeness (QED) is 0.620. The molecular weight excluding hydrogens is 170 g/mol. The summed E-state index contributed by atoms with van der Waals surface area (Å²) < 4.78 is 4.57. The number of rotatable bonds is 1. The second-order valence-corrected chi connectivity index (χ2v) is 2.96. The number of carboxylic acid groups (broad SMARTS) is 1. The van der Waals surface area contributed by atoms with E-state index in [1.54, 1.807) is 0 Å². The Kier molecular flexibility index (Phi) is 3.44. The summed E-state index contributed by atoms with van der Waals surface area (Å²) in [4.78, 5) is 12.1. The number of likely N-dealkylation sites (tertiary alicyclic amines) is 1. The smallest absolute Gasteiger partial charge is 0.407 e. The Morgan fingerprint density at radius 1 is 1.77 bits per heavy atom. The molecule has 0 bridgehead atoms. The maximum absolute atomic E-state index is 10.7. The molecule has 0 aliphatic carbocycles. The molecule has 72 valence electrons. The van der Waals surface area contributed by atoms with Crippen molar-refractivity contribution in [1.82, 2.24) is 4.90 Å². The number of hydrogen-bond donors (Lipinski definition) is 1. The number of amides is 1. The third-order valence-corrected chi connectivity index (χ3v) is 2.13. The van der Waals surface area contributed by atoms with Crippen LogP contribution < -0.4 is 0 Å². The van der Waals surface area contributed by atoms with Gasteiger partial charge in [-0.05, 0) is 12.8 Å². The van der Waals surface area contributed by atoms with E-state index in [2.05, 4.69) is 16.8 Å². The van der Waals surface area contributed by atoms with Crippen molar-refractivity contribution in [1.29, 1.82) is 0 Å². The molecule has 1 saturated heterocycles. The summed E-state index contributed by atoms with van der Waals surface area (Å²) in [5.41, 5.74) is 0. The average molecular weight is 183 g/mol. The molecule has 0 saturated carbocycles. The summed E-state index contributed by atoms with van der Waals surface area (Å²) in [6.45, 7) is 0.634. The van der Waals surface area contributed by atoms with Gasteiger partial charge in [-0.25, -0.2) is 4.79 Å². The van der Waals surface area contributed by atoms with Gasteiger partial charge in [0.2, 0.25) is 0 Å². The molecule has 0 spiro atoms. The molecule has 0 aromatic heterocycles. The Bertz CT molecular complexity index is 241. The van der Waals surface area contributed by atoms with E-state index in [9.17, 15) is 4.79 Å². The van der Waals surface area contributed by atoms with Crippen LogP contribution >= 0.6 is 0 Å². The monoisotopic (exact) mass is 183 g/mol. The van der Waals surface area contributed by atoms with Gasteiger partial charge in [0.1, 0.15) is 6.11 Å². The molecule has 4 heteroatoms. The molecule has 13 heavy (non-hydrogen) atoms. The second-order valence-electron chi connectivity index (χ2n) is 2.96. The molecule has 1 aliphatic heterocycles. The van der Waals surface area contributed by atoms with Gasteiger partial charge in [-0.2, -0.15) is 0 Å². The van der Waals surface area contributed by atoms with Gasteiger partial charge in [-0.15, -0.1) is 0 Å². The molecular formula is C9H13NO3. The van der Waals surface area contributed by atoms with Gasteiger partial charge in [0.25, 0.3) is 0 Å². The number of hydrogen-bond acceptors (Lipinski definition) is 2. The molecule has 1 atom stereocenters. The third kappa shape index (κ3) is 2.55. The van der Waals surface area contributed by atoms with E-state index in [1.165, 1.54) is 12.0 Å². The molecule has 1 N–H and O–H groups in total. The lowest BCUT2D eigenvalue weighted by molar-refractivity contribution is 0.141. The first kappa shape index (κ1) is 9.72. The zero-order chi connectivity index (χ0) is 9.68. The Morgan fingerprint density at radius 2 is 2.54 bits per heavy atom. The lowest BCUT2D eigenvalue weighted by Gasteiger charge is -2.18. The number of carbonyl (C=O) groups is 1. The average Bonchev–Trinajstić information content (AvgIpc) is 2.53. The van der Waals surface area contributed by atoms with Gasteiger partial charge >= 0.3 is 6.09 Å². The van der Waals surface area contributed by atoms with Crippen molar-refractivity contribution in [3.05, 3.63) is 0 Å². The van der Waals surface area contributed by atoms with Crippen molar-refractivity contribution in [3.8, 4) is 12.0 Å². The number of methoxy groups -OCH3 is 1. The molecule has 0 radical (unpaired) electrons. The molecule has 0 aromatic rings. The Labute approximate surface area is 77.5 Å². The van der Waals surface area contributed by atoms with E-state index in [0.717, 1.165) is 12.8 Å². The molecule has 0 aromatic carbocycles. The zero-order valence-corrected chi connectivity index (χ0v) is 7.62. The van der Waals surface area contributed by atoms with Crippen LogP contribution in [-0.2, 0) is 4.74 Å². The highest BCUT2D eigenvalue weighted by Gasteiger charge is 2.27. The molecule has 1 rings (SSSR count). The maximum Gasteiger partial charge on any atom is 0.407 e. The Hall–Kier alpha value is -1.37. The second kappa shape index (κ2) is 4.61. The summed E-state index contributed by atoms with van der Waals surface area (Å²) >= 11 is 0. The van der Waals surface area contributed by atoms with Gasteiger partial charge in [0, 0.05) is 19.0 Å². The van der Waals surface area contributed by atoms with Gasteiger partial charge in [0.15, 0.2) is 0 Å². The SMILES string of the molecule is COC#CC[C@@H]1CCCN1C(=O)O. The number of ether oxygens (including phenoxy) is 1. The highest BCUT2D eigenvalue weighted by atomic mass is 16.5. The van der Waals surface area contributed by atoms with E-state index in [1.807, 2.05) is 0 Å². The van der Waals surface area contributed by atoms with Crippen molar-refractivity contribution in [3.63, 3.8) is 0 Å². The lowest BCUT2D eigenvalue weighted by atomic mass is 10.1. The fraction of sp³-hybridized carbons (Fsp3) is 0.667. The largest absolute Gasteiger partial charge is 0.465 e.